The summed E-state index contributed by atoms with van der Waals surface area (Å²) >= 11 is 4.47. The second-order valence-corrected chi connectivity index (χ2v) is 9.31. The maximum Gasteiger partial charge on any atom is 0.250 e. The number of nitrogens with zero attached hydrogens (tertiary/aromatic N) is 3. The highest BCUT2D eigenvalue weighted by Crippen LogP contribution is 2.30. The van der Waals surface area contributed by atoms with Gasteiger partial charge in [0, 0.05) is 5.75 Å². The van der Waals surface area contributed by atoms with E-state index in [2.05, 4.69) is 32.9 Å². The third kappa shape index (κ3) is 6.88. The van der Waals surface area contributed by atoms with E-state index >= 15 is 0 Å². The lowest BCUT2D eigenvalue weighted by atomic mass is 10.1. The topological polar surface area (TPSA) is 87.5 Å². The van der Waals surface area contributed by atoms with Gasteiger partial charge in [0.25, 0.3) is 5.91 Å². The standard InChI is InChI=1S/C20H20N4O2S3/c1-2-17(15-8-10-16(25)11-9-15)21-22-18(26)13-28-20-24-23-19(29-20)27-12-14-6-4-3-5-7-14/h3-11,25H,2,12-13H2,1H3,(H,22,26)/b21-17-. The number of benzene rings is 2. The van der Waals surface area contributed by atoms with Crippen LogP contribution in [0.2, 0.25) is 0 Å². The zero-order valence-electron chi connectivity index (χ0n) is 15.7. The molecule has 3 aromatic rings. The van der Waals surface area contributed by atoms with E-state index in [-0.39, 0.29) is 17.4 Å². The molecule has 2 aromatic carbocycles. The van der Waals surface area contributed by atoms with Gasteiger partial charge in [0.2, 0.25) is 0 Å². The Kier molecular flexibility index (Phi) is 8.09. The molecular formula is C20H20N4O2S3. The van der Waals surface area contributed by atoms with Crippen LogP contribution in [-0.4, -0.2) is 32.7 Å². The quantitative estimate of drug-likeness (QED) is 0.286. The van der Waals surface area contributed by atoms with E-state index in [1.807, 2.05) is 25.1 Å². The number of aromatic nitrogens is 2. The number of hydrogen-bond acceptors (Lipinski definition) is 8. The molecule has 0 unspecified atom stereocenters. The van der Waals surface area contributed by atoms with Gasteiger partial charge in [-0.1, -0.05) is 72.1 Å². The maximum absolute atomic E-state index is 12.1. The smallest absolute Gasteiger partial charge is 0.250 e. The zero-order chi connectivity index (χ0) is 20.5. The van der Waals surface area contributed by atoms with Crippen LogP contribution in [0.1, 0.15) is 24.5 Å². The molecule has 0 radical (unpaired) electrons. The van der Waals surface area contributed by atoms with Gasteiger partial charge in [-0.15, -0.1) is 10.2 Å². The molecule has 6 nitrogen and oxygen atoms in total. The van der Waals surface area contributed by atoms with Crippen LogP contribution in [0, 0.1) is 0 Å². The molecule has 0 fully saturated rings. The molecule has 0 aliphatic rings. The molecule has 1 aromatic heterocycles. The van der Waals surface area contributed by atoms with Gasteiger partial charge in [0.05, 0.1) is 11.5 Å². The number of hydrazone groups is 1. The van der Waals surface area contributed by atoms with Crippen LogP contribution in [-0.2, 0) is 10.5 Å². The van der Waals surface area contributed by atoms with Crippen LogP contribution in [0.5, 0.6) is 5.75 Å². The Hall–Kier alpha value is -2.36. The van der Waals surface area contributed by atoms with Crippen LogP contribution in [0.4, 0.5) is 0 Å². The highest BCUT2D eigenvalue weighted by Gasteiger charge is 2.09. The number of nitrogens with one attached hydrogen (secondary N) is 1. The lowest BCUT2D eigenvalue weighted by molar-refractivity contribution is -0.118. The molecule has 150 valence electrons. The zero-order valence-corrected chi connectivity index (χ0v) is 18.2. The number of carbonyl (C=O) groups is 1. The molecule has 0 bridgehead atoms. The Morgan fingerprint density at radius 3 is 2.45 bits per heavy atom. The summed E-state index contributed by atoms with van der Waals surface area (Å²) in [5.74, 6) is 1.05. The van der Waals surface area contributed by atoms with Gasteiger partial charge >= 0.3 is 0 Å². The molecule has 0 saturated carbocycles. The van der Waals surface area contributed by atoms with Gasteiger partial charge in [-0.05, 0) is 41.8 Å². The first-order chi connectivity index (χ1) is 14.1. The summed E-state index contributed by atoms with van der Waals surface area (Å²) in [4.78, 5) is 12.1. The van der Waals surface area contributed by atoms with Gasteiger partial charge in [-0.25, -0.2) is 5.43 Å². The van der Waals surface area contributed by atoms with E-state index in [0.717, 1.165) is 25.7 Å². The van der Waals surface area contributed by atoms with Gasteiger partial charge in [-0.3, -0.25) is 4.79 Å². The number of aromatic hydroxyl groups is 1. The molecule has 0 aliphatic heterocycles. The summed E-state index contributed by atoms with van der Waals surface area (Å²) in [5.41, 5.74) is 5.44. The number of carbonyl (C=O) groups excluding carboxylic acids is 1. The molecule has 0 saturated heterocycles. The predicted octanol–water partition coefficient (Wildman–Crippen LogP) is 4.56. The fourth-order valence-corrected chi connectivity index (χ4v) is 5.09. The third-order valence-corrected chi connectivity index (χ3v) is 7.03. The fourth-order valence-electron chi connectivity index (χ4n) is 2.32. The molecule has 1 heterocycles. The summed E-state index contributed by atoms with van der Waals surface area (Å²) in [6, 6.07) is 16.9. The van der Waals surface area contributed by atoms with Crippen LogP contribution in [0.25, 0.3) is 0 Å². The molecule has 3 rings (SSSR count). The van der Waals surface area contributed by atoms with Crippen molar-refractivity contribution < 1.29 is 9.90 Å². The van der Waals surface area contributed by atoms with E-state index in [4.69, 9.17) is 0 Å². The molecular weight excluding hydrogens is 424 g/mol. The van der Waals surface area contributed by atoms with Crippen molar-refractivity contribution in [3.05, 3.63) is 65.7 Å². The van der Waals surface area contributed by atoms with Crippen molar-refractivity contribution in [3.8, 4) is 5.75 Å². The highest BCUT2D eigenvalue weighted by atomic mass is 32.2. The van der Waals surface area contributed by atoms with Crippen molar-refractivity contribution in [2.24, 2.45) is 5.10 Å². The fraction of sp³-hybridized carbons (Fsp3) is 0.200. The first-order valence-corrected chi connectivity index (χ1v) is 11.7. The van der Waals surface area contributed by atoms with E-state index in [1.54, 1.807) is 36.0 Å². The average Bonchev–Trinajstić information content (AvgIpc) is 3.21. The van der Waals surface area contributed by atoms with Crippen molar-refractivity contribution in [3.63, 3.8) is 0 Å². The lowest BCUT2D eigenvalue weighted by Crippen LogP contribution is -2.21. The second-order valence-electron chi connectivity index (χ2n) is 5.89. The molecule has 2 N–H and O–H groups in total. The summed E-state index contributed by atoms with van der Waals surface area (Å²) in [5, 5.41) is 21.9. The summed E-state index contributed by atoms with van der Waals surface area (Å²) in [6.07, 6.45) is 0.663. The number of thioether (sulfide) groups is 2. The minimum Gasteiger partial charge on any atom is -0.508 e. The maximum atomic E-state index is 12.1. The van der Waals surface area contributed by atoms with Crippen molar-refractivity contribution in [2.75, 3.05) is 5.75 Å². The highest BCUT2D eigenvalue weighted by molar-refractivity contribution is 8.03. The Morgan fingerprint density at radius 2 is 1.76 bits per heavy atom. The van der Waals surface area contributed by atoms with Crippen LogP contribution >= 0.6 is 34.9 Å². The predicted molar refractivity (Wildman–Crippen MR) is 120 cm³/mol. The SMILES string of the molecule is CC/C(=N/NC(=O)CSc1nnc(SCc2ccccc2)s1)c1ccc(O)cc1. The Bertz CT molecular complexity index is 959. The monoisotopic (exact) mass is 444 g/mol. The van der Waals surface area contributed by atoms with E-state index in [1.165, 1.54) is 28.7 Å². The molecule has 0 spiro atoms. The average molecular weight is 445 g/mol. The van der Waals surface area contributed by atoms with Gasteiger partial charge in [-0.2, -0.15) is 5.10 Å². The number of amides is 1. The largest absolute Gasteiger partial charge is 0.508 e. The lowest BCUT2D eigenvalue weighted by Gasteiger charge is -2.05. The molecule has 0 aliphatic carbocycles. The molecule has 9 heteroatoms. The van der Waals surface area contributed by atoms with Crippen LogP contribution in [0.15, 0.2) is 68.4 Å². The number of phenols is 1. The van der Waals surface area contributed by atoms with Crippen molar-refractivity contribution in [1.82, 2.24) is 15.6 Å². The Morgan fingerprint density at radius 1 is 1.07 bits per heavy atom. The van der Waals surface area contributed by atoms with Crippen molar-refractivity contribution in [1.29, 1.82) is 0 Å². The summed E-state index contributed by atoms with van der Waals surface area (Å²) in [6.45, 7) is 1.96. The Balaban J connectivity index is 1.46. The molecule has 0 atom stereocenters. The molecule has 1 amide bonds. The summed E-state index contributed by atoms with van der Waals surface area (Å²) < 4.78 is 1.64. The van der Waals surface area contributed by atoms with Crippen LogP contribution in [0.3, 0.4) is 0 Å². The Labute approximate surface area is 181 Å². The van der Waals surface area contributed by atoms with E-state index < -0.39 is 0 Å². The van der Waals surface area contributed by atoms with E-state index in [9.17, 15) is 9.90 Å². The first kappa shape index (κ1) is 21.4. The number of rotatable bonds is 9. The number of hydrogen-bond donors (Lipinski definition) is 2. The van der Waals surface area contributed by atoms with Crippen LogP contribution < -0.4 is 5.43 Å². The minimum absolute atomic E-state index is 0.197. The van der Waals surface area contributed by atoms with Crippen molar-refractivity contribution in [2.45, 2.75) is 27.8 Å². The van der Waals surface area contributed by atoms with Gasteiger partial charge in [0.15, 0.2) is 8.68 Å². The second kappa shape index (κ2) is 11.0. The first-order valence-electron chi connectivity index (χ1n) is 8.92. The minimum atomic E-state index is -0.201. The van der Waals surface area contributed by atoms with E-state index in [0.29, 0.717) is 6.42 Å². The number of phenolic OH excluding ortho intramolecular Hbond substituents is 1. The van der Waals surface area contributed by atoms with Gasteiger partial charge < -0.3 is 5.11 Å². The third-order valence-electron chi connectivity index (χ3n) is 3.77. The summed E-state index contributed by atoms with van der Waals surface area (Å²) in [7, 11) is 0. The van der Waals surface area contributed by atoms with Crippen molar-refractivity contribution >= 4 is 46.5 Å². The molecule has 29 heavy (non-hydrogen) atoms. The normalized spacial score (nSPS) is 11.4. The van der Waals surface area contributed by atoms with Gasteiger partial charge in [0.1, 0.15) is 5.75 Å².